The number of nitrogens with zero attached hydrogens (tertiary/aromatic N) is 1. The van der Waals surface area contributed by atoms with Gasteiger partial charge >= 0.3 is 0 Å². The summed E-state index contributed by atoms with van der Waals surface area (Å²) < 4.78 is 5.48. The molecule has 2 aliphatic heterocycles. The van der Waals surface area contributed by atoms with Crippen molar-refractivity contribution in [1.29, 1.82) is 0 Å². The third-order valence-electron chi connectivity index (χ3n) is 2.70. The van der Waals surface area contributed by atoms with Crippen molar-refractivity contribution in [2.45, 2.75) is 36.7 Å². The van der Waals surface area contributed by atoms with Gasteiger partial charge in [0.1, 0.15) is 23.7 Å². The third-order valence-corrected chi connectivity index (χ3v) is 3.81. The van der Waals surface area contributed by atoms with Crippen molar-refractivity contribution in [2.75, 3.05) is 13.2 Å². The highest BCUT2D eigenvalue weighted by atomic mass is 32.2. The van der Waals surface area contributed by atoms with E-state index in [0.29, 0.717) is 11.7 Å². The predicted octanol–water partition coefficient (Wildman–Crippen LogP) is -1.49. The van der Waals surface area contributed by atoms with Gasteiger partial charge in [-0.1, -0.05) is 11.8 Å². The van der Waals surface area contributed by atoms with E-state index in [9.17, 15) is 10.2 Å². The summed E-state index contributed by atoms with van der Waals surface area (Å²) in [6.45, 7) is 2.26. The van der Waals surface area contributed by atoms with Gasteiger partial charge in [-0.15, -0.1) is 0 Å². The van der Waals surface area contributed by atoms with Gasteiger partial charge in [0.15, 0.2) is 5.17 Å². The summed E-state index contributed by atoms with van der Waals surface area (Å²) >= 11 is 1.38. The van der Waals surface area contributed by atoms with Crippen LogP contribution in [0.3, 0.4) is 0 Å². The molecule has 0 aliphatic carbocycles. The van der Waals surface area contributed by atoms with Crippen LogP contribution >= 0.6 is 11.8 Å². The van der Waals surface area contributed by atoms with Crippen LogP contribution in [0.4, 0.5) is 0 Å². The molecule has 0 spiro atoms. The van der Waals surface area contributed by atoms with Gasteiger partial charge in [-0.2, -0.15) is 0 Å². The van der Waals surface area contributed by atoms with E-state index in [1.807, 2.05) is 6.92 Å². The maximum absolute atomic E-state index is 9.86. The van der Waals surface area contributed by atoms with Crippen LogP contribution in [0.2, 0.25) is 0 Å². The van der Waals surface area contributed by atoms with Gasteiger partial charge in [0.05, 0.1) is 12.6 Å². The molecule has 16 heavy (non-hydrogen) atoms. The zero-order chi connectivity index (χ0) is 11.7. The Bertz CT molecular complexity index is 289. The fraction of sp³-hybridized carbons (Fsp3) is 0.889. The van der Waals surface area contributed by atoms with E-state index >= 15 is 0 Å². The SMILES string of the molecule is CCN=C1N[C@H]2[C@@H](O)[C@@H](O)[C@@H](CO)O[C@@H]2S1. The van der Waals surface area contributed by atoms with Gasteiger partial charge in [-0.25, -0.2) is 0 Å². The summed E-state index contributed by atoms with van der Waals surface area (Å²) in [4.78, 5) is 4.19. The lowest BCUT2D eigenvalue weighted by atomic mass is 9.98. The molecule has 7 heteroatoms. The Morgan fingerprint density at radius 1 is 1.44 bits per heavy atom. The normalized spacial score (nSPS) is 45.5. The van der Waals surface area contributed by atoms with Gasteiger partial charge in [-0.05, 0) is 6.92 Å². The average Bonchev–Trinajstić information content (AvgIpc) is 2.67. The van der Waals surface area contributed by atoms with Crippen LogP contribution in [0.1, 0.15) is 6.92 Å². The number of amidine groups is 1. The highest BCUT2D eigenvalue weighted by Crippen LogP contribution is 2.33. The maximum Gasteiger partial charge on any atom is 0.159 e. The van der Waals surface area contributed by atoms with Crippen molar-refractivity contribution in [3.8, 4) is 0 Å². The topological polar surface area (TPSA) is 94.3 Å². The molecule has 6 nitrogen and oxygen atoms in total. The van der Waals surface area contributed by atoms with E-state index in [4.69, 9.17) is 9.84 Å². The highest BCUT2D eigenvalue weighted by molar-refractivity contribution is 8.14. The Morgan fingerprint density at radius 2 is 2.19 bits per heavy atom. The molecule has 2 heterocycles. The van der Waals surface area contributed by atoms with E-state index in [0.717, 1.165) is 0 Å². The second-order valence-electron chi connectivity index (χ2n) is 3.77. The van der Waals surface area contributed by atoms with E-state index in [2.05, 4.69) is 10.3 Å². The Balaban J connectivity index is 2.10. The first-order valence-corrected chi connectivity index (χ1v) is 6.15. The number of nitrogens with one attached hydrogen (secondary N) is 1. The van der Waals surface area contributed by atoms with Crippen LogP contribution in [0.25, 0.3) is 0 Å². The molecule has 0 saturated carbocycles. The molecule has 2 saturated heterocycles. The molecule has 2 aliphatic rings. The summed E-state index contributed by atoms with van der Waals surface area (Å²) in [6.07, 6.45) is -2.75. The number of aliphatic hydroxyl groups excluding tert-OH is 3. The van der Waals surface area contributed by atoms with Gasteiger partial charge in [0, 0.05) is 6.54 Å². The number of fused-ring (bicyclic) bond motifs is 1. The molecule has 4 N–H and O–H groups in total. The number of rotatable bonds is 2. The molecule has 0 aromatic heterocycles. The Kier molecular flexibility index (Phi) is 3.70. The molecular formula is C9H16N2O4S. The average molecular weight is 248 g/mol. The van der Waals surface area contributed by atoms with Crippen LogP contribution in [0, 0.1) is 0 Å². The molecule has 92 valence electrons. The standard InChI is InChI=1S/C9H16N2O4S/c1-2-10-9-11-5-7(14)6(13)4(3-12)15-8(5)16-9/h4-8,12-14H,2-3H2,1H3,(H,10,11)/t4-,5+,6+,7-,8-/m1/s1. The summed E-state index contributed by atoms with van der Waals surface area (Å²) in [6, 6.07) is -0.368. The first-order valence-electron chi connectivity index (χ1n) is 5.27. The minimum atomic E-state index is -1.07. The monoisotopic (exact) mass is 248 g/mol. The Hall–Kier alpha value is -0.340. The molecule has 0 aromatic rings. The first-order chi connectivity index (χ1) is 7.67. The molecule has 0 amide bonds. The minimum absolute atomic E-state index is 0.303. The number of hydrogen-bond acceptors (Lipinski definition) is 6. The zero-order valence-corrected chi connectivity index (χ0v) is 9.72. The first kappa shape index (κ1) is 12.1. The van der Waals surface area contributed by atoms with Crippen LogP contribution in [0.15, 0.2) is 4.99 Å². The van der Waals surface area contributed by atoms with Crippen LogP contribution in [-0.4, -0.2) is 63.4 Å². The molecule has 2 fully saturated rings. The molecule has 0 unspecified atom stereocenters. The fourth-order valence-electron chi connectivity index (χ4n) is 1.85. The van der Waals surface area contributed by atoms with Gasteiger partial charge in [0.25, 0.3) is 0 Å². The maximum atomic E-state index is 9.86. The Labute approximate surface area is 97.7 Å². The summed E-state index contributed by atoms with van der Waals surface area (Å²) in [7, 11) is 0. The van der Waals surface area contributed by atoms with Crippen molar-refractivity contribution in [2.24, 2.45) is 4.99 Å². The molecule has 0 radical (unpaired) electrons. The van der Waals surface area contributed by atoms with Crippen molar-refractivity contribution in [1.82, 2.24) is 5.32 Å². The smallest absolute Gasteiger partial charge is 0.159 e. The lowest BCUT2D eigenvalue weighted by molar-refractivity contribution is -0.167. The summed E-state index contributed by atoms with van der Waals surface area (Å²) in [5.74, 6) is 0. The number of thioether (sulfide) groups is 1. The van der Waals surface area contributed by atoms with E-state index in [1.165, 1.54) is 11.8 Å². The molecule has 5 atom stereocenters. The largest absolute Gasteiger partial charge is 0.394 e. The lowest BCUT2D eigenvalue weighted by Gasteiger charge is -2.38. The summed E-state index contributed by atoms with van der Waals surface area (Å²) in [5, 5.41) is 32.3. The molecule has 2 rings (SSSR count). The highest BCUT2D eigenvalue weighted by Gasteiger charge is 2.48. The van der Waals surface area contributed by atoms with Gasteiger partial charge in [0.2, 0.25) is 0 Å². The van der Waals surface area contributed by atoms with E-state index in [1.54, 1.807) is 0 Å². The molecular weight excluding hydrogens is 232 g/mol. The molecule has 0 bridgehead atoms. The van der Waals surface area contributed by atoms with Gasteiger partial charge < -0.3 is 25.4 Å². The van der Waals surface area contributed by atoms with Crippen molar-refractivity contribution >= 4 is 16.9 Å². The Morgan fingerprint density at radius 3 is 2.81 bits per heavy atom. The number of aliphatic hydroxyl groups is 3. The second kappa shape index (κ2) is 4.89. The molecule has 0 aromatic carbocycles. The summed E-state index contributed by atoms with van der Waals surface area (Å²) in [5.41, 5.74) is -0.305. The zero-order valence-electron chi connectivity index (χ0n) is 8.91. The van der Waals surface area contributed by atoms with Crippen molar-refractivity contribution in [3.05, 3.63) is 0 Å². The second-order valence-corrected chi connectivity index (χ2v) is 4.86. The predicted molar refractivity (Wildman–Crippen MR) is 60.3 cm³/mol. The fourth-order valence-corrected chi connectivity index (χ4v) is 3.05. The number of ether oxygens (including phenoxy) is 1. The third kappa shape index (κ3) is 2.05. The lowest BCUT2D eigenvalue weighted by Crippen LogP contribution is -2.59. The minimum Gasteiger partial charge on any atom is -0.394 e. The van der Waals surface area contributed by atoms with E-state index in [-0.39, 0.29) is 18.1 Å². The van der Waals surface area contributed by atoms with Gasteiger partial charge in [-0.3, -0.25) is 4.99 Å². The van der Waals surface area contributed by atoms with Crippen LogP contribution < -0.4 is 5.32 Å². The van der Waals surface area contributed by atoms with Crippen LogP contribution in [0.5, 0.6) is 0 Å². The van der Waals surface area contributed by atoms with Crippen molar-refractivity contribution < 1.29 is 20.1 Å². The number of hydrogen-bond donors (Lipinski definition) is 4. The quantitative estimate of drug-likeness (QED) is 0.475. The van der Waals surface area contributed by atoms with Crippen LogP contribution in [-0.2, 0) is 4.74 Å². The van der Waals surface area contributed by atoms with Crippen molar-refractivity contribution in [3.63, 3.8) is 0 Å². The number of aliphatic imine (C=N–C) groups is 1. The van der Waals surface area contributed by atoms with E-state index < -0.39 is 18.3 Å².